The van der Waals surface area contributed by atoms with Crippen LogP contribution >= 0.6 is 15.9 Å². The summed E-state index contributed by atoms with van der Waals surface area (Å²) in [7, 11) is 0. The van der Waals surface area contributed by atoms with Gasteiger partial charge in [-0.1, -0.05) is 0 Å². The second kappa shape index (κ2) is 7.23. The summed E-state index contributed by atoms with van der Waals surface area (Å²) in [4.78, 5) is 21.2. The zero-order valence-corrected chi connectivity index (χ0v) is 13.8. The van der Waals surface area contributed by atoms with Crippen LogP contribution in [0.15, 0.2) is 34.8 Å². The van der Waals surface area contributed by atoms with Crippen molar-refractivity contribution in [2.75, 3.05) is 5.32 Å². The zero-order chi connectivity index (χ0) is 19.6. The molecule has 2 aromatic carbocycles. The van der Waals surface area contributed by atoms with Gasteiger partial charge in [0.1, 0.15) is 11.5 Å². The number of benzene rings is 2. The number of halogens is 6. The molecule has 0 heterocycles. The van der Waals surface area contributed by atoms with Crippen LogP contribution in [0.5, 0.6) is 11.5 Å². The molecule has 0 spiro atoms. The Morgan fingerprint density at radius 3 is 2.38 bits per heavy atom. The molecular formula is C14H6BrF5N2O4. The van der Waals surface area contributed by atoms with Gasteiger partial charge in [0.2, 0.25) is 5.75 Å². The van der Waals surface area contributed by atoms with Crippen molar-refractivity contribution < 1.29 is 36.4 Å². The van der Waals surface area contributed by atoms with Gasteiger partial charge in [-0.15, -0.1) is 0 Å². The molecule has 0 saturated carbocycles. The lowest BCUT2D eigenvalue weighted by molar-refractivity contribution is -0.384. The second-order valence-corrected chi connectivity index (χ2v) is 5.51. The van der Waals surface area contributed by atoms with Crippen molar-refractivity contribution in [1.29, 1.82) is 0 Å². The van der Waals surface area contributed by atoms with E-state index in [4.69, 9.17) is 4.74 Å². The predicted octanol–water partition coefficient (Wildman–Crippen LogP) is 4.93. The molecule has 1 N–H and O–H groups in total. The summed E-state index contributed by atoms with van der Waals surface area (Å²) in [6.45, 7) is 0. The minimum absolute atomic E-state index is 0.113. The van der Waals surface area contributed by atoms with Crippen LogP contribution in [0.25, 0.3) is 0 Å². The molecule has 0 fully saturated rings. The fourth-order valence-electron chi connectivity index (χ4n) is 1.79. The highest BCUT2D eigenvalue weighted by Crippen LogP contribution is 2.44. The van der Waals surface area contributed by atoms with Crippen LogP contribution in [0.3, 0.4) is 0 Å². The average Bonchev–Trinajstić information content (AvgIpc) is 2.51. The summed E-state index contributed by atoms with van der Waals surface area (Å²) in [6, 6.07) is 3.98. The van der Waals surface area contributed by atoms with Gasteiger partial charge in [-0.3, -0.25) is 14.9 Å². The maximum absolute atomic E-state index is 13.7. The quantitative estimate of drug-likeness (QED) is 0.415. The Kier molecular flexibility index (Phi) is 5.44. The molecule has 0 atom stereocenters. The van der Waals surface area contributed by atoms with Crippen molar-refractivity contribution in [2.24, 2.45) is 0 Å². The standard InChI is InChI=1S/C14H6BrF5N2O4/c15-7-2-3-9(21-13(23)14(18,19)20)11(22(24)25)12(7)26-10-4-1-6(16)5-8(10)17/h1-5H,(H,21,23). The summed E-state index contributed by atoms with van der Waals surface area (Å²) in [5.41, 5.74) is -1.88. The van der Waals surface area contributed by atoms with Crippen molar-refractivity contribution in [1.82, 2.24) is 0 Å². The first-order chi connectivity index (χ1) is 12.0. The third-order valence-electron chi connectivity index (χ3n) is 2.88. The lowest BCUT2D eigenvalue weighted by Crippen LogP contribution is -2.30. The van der Waals surface area contributed by atoms with Crippen LogP contribution in [0.4, 0.5) is 33.3 Å². The minimum Gasteiger partial charge on any atom is -0.446 e. The minimum atomic E-state index is -5.29. The third-order valence-corrected chi connectivity index (χ3v) is 3.50. The van der Waals surface area contributed by atoms with Crippen LogP contribution in [-0.4, -0.2) is 17.0 Å². The summed E-state index contributed by atoms with van der Waals surface area (Å²) >= 11 is 2.89. The van der Waals surface area contributed by atoms with Gasteiger partial charge in [-0.05, 0) is 40.2 Å². The van der Waals surface area contributed by atoms with Gasteiger partial charge in [0.05, 0.1) is 9.40 Å². The Bertz CT molecular complexity index is 888. The molecule has 0 aliphatic rings. The summed E-state index contributed by atoms with van der Waals surface area (Å²) in [5, 5.41) is 12.6. The van der Waals surface area contributed by atoms with E-state index in [2.05, 4.69) is 15.9 Å². The molecule has 0 saturated heterocycles. The van der Waals surface area contributed by atoms with Gasteiger partial charge >= 0.3 is 17.8 Å². The SMILES string of the molecule is O=C(Nc1ccc(Br)c(Oc2ccc(F)cc2F)c1[N+](=O)[O-])C(F)(F)F. The van der Waals surface area contributed by atoms with E-state index in [0.29, 0.717) is 6.07 Å². The van der Waals surface area contributed by atoms with Crippen LogP contribution in [0, 0.1) is 21.7 Å². The summed E-state index contributed by atoms with van der Waals surface area (Å²) < 4.78 is 68.7. The number of anilines is 1. The first-order valence-corrected chi connectivity index (χ1v) is 7.28. The topological polar surface area (TPSA) is 81.5 Å². The Labute approximate surface area is 149 Å². The van der Waals surface area contributed by atoms with Crippen LogP contribution in [0.1, 0.15) is 0 Å². The number of nitro benzene ring substituents is 1. The van der Waals surface area contributed by atoms with E-state index >= 15 is 0 Å². The molecule has 1 amide bonds. The molecule has 0 aromatic heterocycles. The number of amides is 1. The number of carbonyl (C=O) groups excluding carboxylic acids is 1. The van der Waals surface area contributed by atoms with E-state index in [1.807, 2.05) is 0 Å². The number of nitrogens with zero attached hydrogens (tertiary/aromatic N) is 1. The molecule has 0 bridgehead atoms. The largest absolute Gasteiger partial charge is 0.471 e. The highest BCUT2D eigenvalue weighted by Gasteiger charge is 2.40. The number of hydrogen-bond acceptors (Lipinski definition) is 4. The fraction of sp³-hybridized carbons (Fsp3) is 0.0714. The molecule has 2 rings (SSSR count). The van der Waals surface area contributed by atoms with E-state index in [1.165, 1.54) is 5.32 Å². The highest BCUT2D eigenvalue weighted by molar-refractivity contribution is 9.10. The molecule has 0 radical (unpaired) electrons. The summed E-state index contributed by atoms with van der Waals surface area (Å²) in [5.74, 6) is -5.87. The van der Waals surface area contributed by atoms with Crippen molar-refractivity contribution in [3.8, 4) is 11.5 Å². The van der Waals surface area contributed by atoms with E-state index in [0.717, 1.165) is 24.3 Å². The van der Waals surface area contributed by atoms with Gasteiger partial charge in [0, 0.05) is 6.07 Å². The Morgan fingerprint density at radius 2 is 1.85 bits per heavy atom. The Morgan fingerprint density at radius 1 is 1.19 bits per heavy atom. The number of nitrogens with one attached hydrogen (secondary N) is 1. The summed E-state index contributed by atoms with van der Waals surface area (Å²) in [6.07, 6.45) is -5.29. The number of alkyl halides is 3. The molecule has 0 aliphatic heterocycles. The lowest BCUT2D eigenvalue weighted by Gasteiger charge is -2.13. The number of hydrogen-bond donors (Lipinski definition) is 1. The third kappa shape index (κ3) is 4.25. The van der Waals surface area contributed by atoms with Crippen LogP contribution < -0.4 is 10.1 Å². The predicted molar refractivity (Wildman–Crippen MR) is 81.9 cm³/mol. The van der Waals surface area contributed by atoms with Crippen LogP contribution in [0.2, 0.25) is 0 Å². The number of ether oxygens (including phenoxy) is 1. The smallest absolute Gasteiger partial charge is 0.446 e. The molecule has 138 valence electrons. The van der Waals surface area contributed by atoms with E-state index < -0.39 is 51.5 Å². The molecule has 6 nitrogen and oxygen atoms in total. The van der Waals surface area contributed by atoms with E-state index in [1.54, 1.807) is 0 Å². The normalized spacial score (nSPS) is 11.2. The van der Waals surface area contributed by atoms with Gasteiger partial charge in [0.25, 0.3) is 0 Å². The molecule has 0 aliphatic carbocycles. The first kappa shape index (κ1) is 19.6. The molecule has 26 heavy (non-hydrogen) atoms. The number of rotatable bonds is 4. The Hall–Kier alpha value is -2.76. The van der Waals surface area contributed by atoms with Gasteiger partial charge in [-0.2, -0.15) is 13.2 Å². The van der Waals surface area contributed by atoms with Gasteiger partial charge < -0.3 is 10.1 Å². The molecular weight excluding hydrogens is 435 g/mol. The van der Waals surface area contributed by atoms with Crippen molar-refractivity contribution in [3.63, 3.8) is 0 Å². The van der Waals surface area contributed by atoms with Crippen molar-refractivity contribution in [2.45, 2.75) is 6.18 Å². The van der Waals surface area contributed by atoms with E-state index in [9.17, 15) is 36.9 Å². The number of nitro groups is 1. The van der Waals surface area contributed by atoms with Crippen molar-refractivity contribution >= 4 is 33.2 Å². The van der Waals surface area contributed by atoms with Crippen molar-refractivity contribution in [3.05, 3.63) is 56.6 Å². The monoisotopic (exact) mass is 440 g/mol. The maximum atomic E-state index is 13.7. The number of carbonyl (C=O) groups is 1. The second-order valence-electron chi connectivity index (χ2n) is 4.66. The van der Waals surface area contributed by atoms with E-state index in [-0.39, 0.29) is 4.47 Å². The molecule has 2 aromatic rings. The maximum Gasteiger partial charge on any atom is 0.471 e. The highest BCUT2D eigenvalue weighted by atomic mass is 79.9. The van der Waals surface area contributed by atoms with Crippen LogP contribution in [-0.2, 0) is 4.79 Å². The molecule has 0 unspecified atom stereocenters. The molecule has 12 heteroatoms. The zero-order valence-electron chi connectivity index (χ0n) is 12.2. The first-order valence-electron chi connectivity index (χ1n) is 6.48. The average molecular weight is 441 g/mol. The van der Waals surface area contributed by atoms with Gasteiger partial charge in [0.15, 0.2) is 11.6 Å². The lowest BCUT2D eigenvalue weighted by atomic mass is 10.2. The Balaban J connectivity index is 2.53. The fourth-order valence-corrected chi connectivity index (χ4v) is 2.19. The van der Waals surface area contributed by atoms with Gasteiger partial charge in [-0.25, -0.2) is 8.78 Å².